The van der Waals surface area contributed by atoms with Crippen molar-refractivity contribution in [3.05, 3.63) is 78.1 Å². The highest BCUT2D eigenvalue weighted by Crippen LogP contribution is 2.43. The summed E-state index contributed by atoms with van der Waals surface area (Å²) < 4.78 is 25.1. The Morgan fingerprint density at radius 2 is 1.15 bits per heavy atom. The Balaban J connectivity index is 0.000000223. The number of carbonyl (C=O) groups is 4. The molecule has 4 aliphatic rings. The second kappa shape index (κ2) is 23.7. The molecule has 6 rings (SSSR count). The van der Waals surface area contributed by atoms with Crippen LogP contribution in [-0.2, 0) is 46.1 Å². The Morgan fingerprint density at radius 1 is 0.678 bits per heavy atom. The number of fused-ring (bicyclic) bond motifs is 2. The zero-order valence-corrected chi connectivity index (χ0v) is 37.5. The quantitative estimate of drug-likeness (QED) is 0.117. The van der Waals surface area contributed by atoms with Gasteiger partial charge in [-0.25, -0.2) is 9.59 Å². The number of hydrogen-bond donors (Lipinski definition) is 1. The number of carbonyl (C=O) groups excluding carboxylic acids is 4. The Morgan fingerprint density at radius 3 is 1.64 bits per heavy atom. The van der Waals surface area contributed by atoms with E-state index in [4.69, 9.17) is 77.0 Å². The highest BCUT2D eigenvalue weighted by Gasteiger charge is 2.45. The summed E-state index contributed by atoms with van der Waals surface area (Å²) in [7, 11) is 0. The molecular formula is C42H51Cl5N2O10. The fraction of sp³-hybridized carbons (Fsp3) is 0.524. The van der Waals surface area contributed by atoms with E-state index in [0.717, 1.165) is 49.7 Å². The van der Waals surface area contributed by atoms with Crippen LogP contribution in [0.15, 0.2) is 35.8 Å². The molecule has 1 N–H and O–H groups in total. The van der Waals surface area contributed by atoms with Crippen molar-refractivity contribution in [3.8, 4) is 0 Å². The number of benzene rings is 2. The second-order valence-electron chi connectivity index (χ2n) is 13.8. The van der Waals surface area contributed by atoms with Crippen LogP contribution in [-0.4, -0.2) is 103 Å². The molecule has 0 aromatic heterocycles. The average Bonchev–Trinajstić information content (AvgIpc) is 3.62. The van der Waals surface area contributed by atoms with E-state index in [1.807, 2.05) is 33.8 Å². The smallest absolute Gasteiger partial charge is 0.509 e. The third kappa shape index (κ3) is 12.4. The fourth-order valence-corrected chi connectivity index (χ4v) is 8.81. The van der Waals surface area contributed by atoms with Gasteiger partial charge in [0.05, 0.1) is 46.5 Å². The molecule has 0 saturated carbocycles. The Labute approximate surface area is 370 Å². The van der Waals surface area contributed by atoms with Crippen LogP contribution in [0.2, 0.25) is 20.1 Å². The monoisotopic (exact) mass is 918 g/mol. The van der Waals surface area contributed by atoms with Crippen molar-refractivity contribution in [1.82, 2.24) is 9.80 Å². The van der Waals surface area contributed by atoms with Crippen molar-refractivity contribution in [2.75, 3.05) is 52.7 Å². The van der Waals surface area contributed by atoms with E-state index in [1.165, 1.54) is 0 Å². The summed E-state index contributed by atoms with van der Waals surface area (Å²) in [6.45, 7) is 11.2. The average molecular weight is 921 g/mol. The lowest BCUT2D eigenvalue weighted by Crippen LogP contribution is -2.40. The first-order valence-electron chi connectivity index (χ1n) is 19.9. The maximum absolute atomic E-state index is 13.3. The largest absolute Gasteiger partial charge is 0.513 e. The number of nitrogens with zero attached hydrogens (tertiary/aromatic N) is 2. The third-order valence-electron chi connectivity index (χ3n) is 10.1. The molecule has 324 valence electrons. The highest BCUT2D eigenvalue weighted by atomic mass is 35.5. The van der Waals surface area contributed by atoms with E-state index >= 15 is 0 Å². The van der Waals surface area contributed by atoms with Gasteiger partial charge in [0.2, 0.25) is 0 Å². The van der Waals surface area contributed by atoms with Crippen molar-refractivity contribution in [1.29, 1.82) is 0 Å². The Hall–Kier alpha value is -3.23. The van der Waals surface area contributed by atoms with Gasteiger partial charge in [-0.1, -0.05) is 60.3 Å². The van der Waals surface area contributed by atoms with Gasteiger partial charge < -0.3 is 38.6 Å². The Kier molecular flexibility index (Phi) is 19.4. The van der Waals surface area contributed by atoms with E-state index in [1.54, 1.807) is 28.0 Å². The molecular weight excluding hydrogens is 870 g/mol. The normalized spacial score (nSPS) is 18.5. The molecule has 2 fully saturated rings. The van der Waals surface area contributed by atoms with Crippen molar-refractivity contribution in [2.24, 2.45) is 0 Å². The summed E-state index contributed by atoms with van der Waals surface area (Å²) in [4.78, 5) is 51.6. The molecule has 2 aromatic carbocycles. The zero-order chi connectivity index (χ0) is 43.2. The third-order valence-corrected chi connectivity index (χ3v) is 11.2. The minimum absolute atomic E-state index is 0.0829. The molecule has 17 heteroatoms. The first-order valence-corrected chi connectivity index (χ1v) is 21.8. The SMILES string of the molecule is CCOCCOC(=O)Cl.CCOCCOC(=O)OC1=C(c2c(Cl)cc(Cl)cc2CC)C(=O)N2CCCCC12.CCc1cc(Cl)cc(Cl)c1C1=C(O)C2CCCCN2C1=O. The van der Waals surface area contributed by atoms with E-state index in [2.05, 4.69) is 4.74 Å². The van der Waals surface area contributed by atoms with Crippen molar-refractivity contribution >= 4 is 92.5 Å². The summed E-state index contributed by atoms with van der Waals surface area (Å²) in [6.07, 6.45) is 5.89. The van der Waals surface area contributed by atoms with Gasteiger partial charge in [-0.2, -0.15) is 0 Å². The number of halogens is 5. The second-order valence-corrected chi connectivity index (χ2v) is 15.7. The molecule has 12 nitrogen and oxygen atoms in total. The van der Waals surface area contributed by atoms with Gasteiger partial charge in [0.1, 0.15) is 24.7 Å². The van der Waals surface area contributed by atoms with Crippen LogP contribution in [0.5, 0.6) is 0 Å². The molecule has 2 aromatic rings. The highest BCUT2D eigenvalue weighted by molar-refractivity contribution is 6.61. The van der Waals surface area contributed by atoms with E-state index in [0.29, 0.717) is 93.9 Å². The summed E-state index contributed by atoms with van der Waals surface area (Å²) in [5, 5.41) is 12.4. The summed E-state index contributed by atoms with van der Waals surface area (Å²) in [6, 6.07) is 6.36. The zero-order valence-electron chi connectivity index (χ0n) is 33.7. The first-order chi connectivity index (χ1) is 28.3. The van der Waals surface area contributed by atoms with Gasteiger partial charge in [-0.15, -0.1) is 0 Å². The number of amides is 2. The minimum atomic E-state index is -0.847. The van der Waals surface area contributed by atoms with Gasteiger partial charge in [-0.05, 0) is 101 Å². The van der Waals surface area contributed by atoms with Gasteiger partial charge in [0.25, 0.3) is 11.8 Å². The predicted molar refractivity (Wildman–Crippen MR) is 229 cm³/mol. The molecule has 0 radical (unpaired) electrons. The topological polar surface area (TPSA) is 141 Å². The van der Waals surface area contributed by atoms with E-state index < -0.39 is 11.6 Å². The van der Waals surface area contributed by atoms with E-state index in [9.17, 15) is 24.3 Å². The van der Waals surface area contributed by atoms with Crippen LogP contribution < -0.4 is 0 Å². The Bertz CT molecular complexity index is 1900. The van der Waals surface area contributed by atoms with Crippen LogP contribution in [0.4, 0.5) is 9.59 Å². The van der Waals surface area contributed by atoms with Crippen LogP contribution in [0.25, 0.3) is 11.1 Å². The molecule has 0 aliphatic carbocycles. The molecule has 59 heavy (non-hydrogen) atoms. The number of aliphatic hydroxyl groups excluding tert-OH is 1. The summed E-state index contributed by atoms with van der Waals surface area (Å²) in [5.41, 5.74) is 2.85. The van der Waals surface area contributed by atoms with Crippen LogP contribution >= 0.6 is 58.0 Å². The number of ether oxygens (including phenoxy) is 5. The minimum Gasteiger partial charge on any atom is -0.509 e. The van der Waals surface area contributed by atoms with E-state index in [-0.39, 0.29) is 49.5 Å². The molecule has 0 bridgehead atoms. The lowest BCUT2D eigenvalue weighted by Gasteiger charge is -2.30. The molecule has 2 amide bonds. The van der Waals surface area contributed by atoms with Crippen molar-refractivity contribution in [3.63, 3.8) is 0 Å². The number of rotatable bonds is 13. The van der Waals surface area contributed by atoms with Gasteiger partial charge in [0.15, 0.2) is 0 Å². The predicted octanol–water partition coefficient (Wildman–Crippen LogP) is 10.5. The van der Waals surface area contributed by atoms with Crippen molar-refractivity contribution in [2.45, 2.75) is 91.1 Å². The maximum Gasteiger partial charge on any atom is 0.513 e. The first kappa shape index (κ1) is 48.4. The number of hydrogen-bond acceptors (Lipinski definition) is 10. The molecule has 0 spiro atoms. The summed E-state index contributed by atoms with van der Waals surface area (Å²) in [5.74, 6) is 0.190. The fourth-order valence-electron chi connectivity index (χ4n) is 7.47. The summed E-state index contributed by atoms with van der Waals surface area (Å²) >= 11 is 29.9. The standard InChI is InChI=1S/C21H25Cl2NO5.C16H17Cl2NO2.C5H9ClO3/c1-3-13-11-14(22)12-15(23)17(13)18-19(29-21(26)28-10-9-27-4-2)16-7-5-6-8-24(16)20(18)25;1-2-9-7-10(17)8-11(18)13(9)14-15(20)12-5-3-4-6-19(12)16(14)21;1-2-8-3-4-9-5(6)7/h11-12,16H,3-10H2,1-2H3;7-8,12,20H,2-6H2,1H3;2-4H2,1H3. The van der Waals surface area contributed by atoms with Gasteiger partial charge in [-0.3, -0.25) is 9.59 Å². The lowest BCUT2D eigenvalue weighted by molar-refractivity contribution is -0.127. The number of aryl methyl sites for hydroxylation is 2. The molecule has 4 aliphatic heterocycles. The van der Waals surface area contributed by atoms with Crippen LogP contribution in [0.3, 0.4) is 0 Å². The molecule has 2 atom stereocenters. The molecule has 2 unspecified atom stereocenters. The van der Waals surface area contributed by atoms with Crippen molar-refractivity contribution < 1.29 is 48.0 Å². The van der Waals surface area contributed by atoms with Crippen LogP contribution in [0, 0.1) is 0 Å². The number of aliphatic hydroxyl groups is 1. The lowest BCUT2D eigenvalue weighted by atomic mass is 9.96. The van der Waals surface area contributed by atoms with Gasteiger partial charge in [0, 0.05) is 59.1 Å². The number of piperidine rings is 2. The van der Waals surface area contributed by atoms with Crippen LogP contribution in [0.1, 0.15) is 88.5 Å². The molecule has 2 saturated heterocycles. The van der Waals surface area contributed by atoms with Gasteiger partial charge >= 0.3 is 11.6 Å². The molecule has 4 heterocycles. The maximum atomic E-state index is 13.3.